The van der Waals surface area contributed by atoms with Crippen molar-refractivity contribution in [3.8, 4) is 89.5 Å². The van der Waals surface area contributed by atoms with E-state index in [1.807, 2.05) is 181 Å². The molecule has 16 heteroatoms. The Kier molecular flexibility index (Phi) is 19.6. The van der Waals surface area contributed by atoms with Crippen LogP contribution in [0.3, 0.4) is 0 Å². The van der Waals surface area contributed by atoms with Gasteiger partial charge in [0, 0.05) is 119 Å². The van der Waals surface area contributed by atoms with Gasteiger partial charge in [-0.25, -0.2) is 55.8 Å². The van der Waals surface area contributed by atoms with Crippen molar-refractivity contribution in [2.45, 2.75) is 55.4 Å². The zero-order chi connectivity index (χ0) is 80.5. The number of nitrogens with zero attached hydrogens (tertiary/aromatic N) is 8. The van der Waals surface area contributed by atoms with Crippen molar-refractivity contribution in [3.63, 3.8) is 0 Å². The summed E-state index contributed by atoms with van der Waals surface area (Å²) in [4.78, 5) is 18.2. The fraction of sp³-hybridized carbons (Fsp3) is 0.120. The van der Waals surface area contributed by atoms with E-state index in [0.29, 0.717) is 34.0 Å². The minimum absolute atomic E-state index is 0.225. The molecule has 8 aromatic carbocycles. The predicted octanol–water partition coefficient (Wildman–Crippen LogP) is 23.6. The van der Waals surface area contributed by atoms with E-state index in [1.165, 1.54) is 24.3 Å². The summed E-state index contributed by atoms with van der Waals surface area (Å²) in [5, 5.41) is 8.17. The van der Waals surface area contributed by atoms with E-state index >= 15 is 0 Å². The van der Waals surface area contributed by atoms with E-state index < -0.39 is 0 Å². The minimum Gasteiger partial charge on any atom is -0.437 e. The van der Waals surface area contributed by atoms with Gasteiger partial charge in [0.25, 0.3) is 0 Å². The van der Waals surface area contributed by atoms with Gasteiger partial charge < -0.3 is 17.7 Å². The van der Waals surface area contributed by atoms with Gasteiger partial charge in [-0.3, -0.25) is 0 Å². The maximum Gasteiger partial charge on any atom is 0.227 e. The van der Waals surface area contributed by atoms with Gasteiger partial charge in [-0.2, -0.15) is 0 Å². The molecule has 12 heterocycles. The molecule has 0 amide bonds. The summed E-state index contributed by atoms with van der Waals surface area (Å²) in [5.41, 5.74) is 28.4. The Balaban J connectivity index is 0.000000111. The predicted molar refractivity (Wildman–Crippen MR) is 452 cm³/mol. The molecule has 0 fully saturated rings. The van der Waals surface area contributed by atoms with Crippen LogP contribution in [0.1, 0.15) is 45.0 Å². The van der Waals surface area contributed by atoms with Crippen molar-refractivity contribution in [1.82, 2.24) is 19.9 Å². The Bertz CT molecular complexity index is 7340. The lowest BCUT2D eigenvalue weighted by molar-refractivity contribution is -0.660. The molecule has 0 aliphatic carbocycles. The molecule has 0 N–H and O–H groups in total. The number of furan rings is 4. The first-order valence-corrected chi connectivity index (χ1v) is 38.3. The SMILES string of the molecule is Cc1ccc2c(n1)oc1c(-c3c(-c4cccc(F)c4)ccc[n+]3C)c(C)ccc12.Cc1ccc2c(n1)oc1c(-c3cc(-c4cccc(F)c4)cc[n+]3C)c(C)ccc12.Cc1ccc2c(n1)oc1c(-c3cc(-c4ccccc4F)cc[n+]3C)c(C)ccc12.Cc1ccc2c(n1)oc1c(-c3ccc(-c4ccccc4F)c[n+]3C)c(C)ccc12. The average Bonchev–Trinajstić information content (AvgIpc) is 1.57. The molecule has 0 aliphatic heterocycles. The third kappa shape index (κ3) is 13.9. The molecule has 20 rings (SSSR count). The first-order valence-electron chi connectivity index (χ1n) is 38.3. The second-order valence-electron chi connectivity index (χ2n) is 29.8. The molecule has 0 bridgehead atoms. The molecule has 116 heavy (non-hydrogen) atoms. The van der Waals surface area contributed by atoms with E-state index in [1.54, 1.807) is 48.5 Å². The topological polar surface area (TPSA) is 120 Å². The number of aromatic nitrogens is 8. The van der Waals surface area contributed by atoms with Crippen LogP contribution in [0.5, 0.6) is 0 Å². The fourth-order valence-corrected chi connectivity index (χ4v) is 15.8. The number of fused-ring (bicyclic) bond motifs is 12. The molecule has 12 aromatic heterocycles. The van der Waals surface area contributed by atoms with Crippen LogP contribution in [0, 0.1) is 78.7 Å². The molecule has 20 aromatic rings. The number of aryl methyl sites for hydroxylation is 12. The Labute approximate surface area is 666 Å². The first kappa shape index (κ1) is 74.6. The monoisotopic (exact) mass is 1530 g/mol. The molecular weight excluding hydrogens is 1450 g/mol. The second kappa shape index (κ2) is 30.4. The summed E-state index contributed by atoms with van der Waals surface area (Å²) in [6.07, 6.45) is 7.91. The Morgan fingerprint density at radius 1 is 0.259 bits per heavy atom. The highest BCUT2D eigenvalue weighted by molar-refractivity contribution is 6.12. The van der Waals surface area contributed by atoms with Crippen LogP contribution in [-0.4, -0.2) is 19.9 Å². The van der Waals surface area contributed by atoms with Gasteiger partial charge in [-0.1, -0.05) is 109 Å². The van der Waals surface area contributed by atoms with Gasteiger partial charge >= 0.3 is 0 Å². The maximum atomic E-state index is 14.4. The molecular formula is C100H80F4N8O4+4. The van der Waals surface area contributed by atoms with Gasteiger partial charge in [-0.15, -0.1) is 0 Å². The zero-order valence-electron chi connectivity index (χ0n) is 66.1. The van der Waals surface area contributed by atoms with Crippen LogP contribution in [0.4, 0.5) is 17.6 Å². The smallest absolute Gasteiger partial charge is 0.227 e. The number of halogens is 4. The number of benzene rings is 8. The van der Waals surface area contributed by atoms with Crippen molar-refractivity contribution in [2.24, 2.45) is 28.2 Å². The van der Waals surface area contributed by atoms with Crippen LogP contribution in [-0.2, 0) is 28.2 Å². The summed E-state index contributed by atoms with van der Waals surface area (Å²) in [7, 11) is 7.97. The molecule has 12 nitrogen and oxygen atoms in total. The number of rotatable bonds is 8. The van der Waals surface area contributed by atoms with Crippen LogP contribution in [0.25, 0.3) is 178 Å². The van der Waals surface area contributed by atoms with E-state index in [0.717, 1.165) is 189 Å². The van der Waals surface area contributed by atoms with E-state index in [9.17, 15) is 17.6 Å². The van der Waals surface area contributed by atoms with E-state index in [-0.39, 0.29) is 23.3 Å². The highest BCUT2D eigenvalue weighted by atomic mass is 19.1. The third-order valence-corrected chi connectivity index (χ3v) is 21.7. The molecule has 568 valence electrons. The summed E-state index contributed by atoms with van der Waals surface area (Å²) in [6, 6.07) is 76.1. The lowest BCUT2D eigenvalue weighted by Gasteiger charge is -2.10. The van der Waals surface area contributed by atoms with Gasteiger partial charge in [0.2, 0.25) is 45.6 Å². The van der Waals surface area contributed by atoms with Crippen LogP contribution >= 0.6 is 0 Å². The largest absolute Gasteiger partial charge is 0.437 e. The molecule has 0 saturated carbocycles. The van der Waals surface area contributed by atoms with Crippen molar-refractivity contribution >= 4 is 88.3 Å². The van der Waals surface area contributed by atoms with Crippen LogP contribution < -0.4 is 18.3 Å². The van der Waals surface area contributed by atoms with Gasteiger partial charge in [0.1, 0.15) is 51.5 Å². The minimum atomic E-state index is -0.252. The lowest BCUT2D eigenvalue weighted by atomic mass is 9.94. The highest BCUT2D eigenvalue weighted by Gasteiger charge is 2.29. The quantitative estimate of drug-likeness (QED) is 0.109. The fourth-order valence-electron chi connectivity index (χ4n) is 15.8. The second-order valence-corrected chi connectivity index (χ2v) is 29.8. The maximum absolute atomic E-state index is 14.4. The molecule has 0 saturated heterocycles. The lowest BCUT2D eigenvalue weighted by Crippen LogP contribution is -2.31. The van der Waals surface area contributed by atoms with E-state index in [2.05, 4.69) is 136 Å². The Morgan fingerprint density at radius 2 is 0.612 bits per heavy atom. The van der Waals surface area contributed by atoms with Crippen molar-refractivity contribution in [2.75, 3.05) is 0 Å². The summed E-state index contributed by atoms with van der Waals surface area (Å²) in [5.74, 6) is -0.949. The molecule has 0 atom stereocenters. The average molecular weight is 1530 g/mol. The zero-order valence-corrected chi connectivity index (χ0v) is 66.1. The number of hydrogen-bond acceptors (Lipinski definition) is 8. The third-order valence-electron chi connectivity index (χ3n) is 21.7. The highest BCUT2D eigenvalue weighted by Crippen LogP contribution is 2.44. The van der Waals surface area contributed by atoms with Crippen LogP contribution in [0.2, 0.25) is 0 Å². The molecule has 0 aliphatic rings. The summed E-state index contributed by atoms with van der Waals surface area (Å²) < 4.78 is 89.5. The summed E-state index contributed by atoms with van der Waals surface area (Å²) in [6.45, 7) is 16.1. The Hall–Kier alpha value is -14.1. The van der Waals surface area contributed by atoms with E-state index in [4.69, 9.17) is 17.7 Å². The van der Waals surface area contributed by atoms with Crippen molar-refractivity contribution in [1.29, 1.82) is 0 Å². The molecule has 0 radical (unpaired) electrons. The van der Waals surface area contributed by atoms with Gasteiger partial charge in [0.05, 0.1) is 27.8 Å². The van der Waals surface area contributed by atoms with Gasteiger partial charge in [-0.05, 0) is 197 Å². The summed E-state index contributed by atoms with van der Waals surface area (Å²) >= 11 is 0. The first-order chi connectivity index (χ1) is 56.1. The van der Waals surface area contributed by atoms with Crippen LogP contribution in [0.15, 0.2) is 285 Å². The Morgan fingerprint density at radius 3 is 1.05 bits per heavy atom. The van der Waals surface area contributed by atoms with Crippen molar-refractivity contribution in [3.05, 3.63) is 336 Å². The molecule has 0 unspecified atom stereocenters. The molecule has 0 spiro atoms. The normalized spacial score (nSPS) is 11.4. The van der Waals surface area contributed by atoms with Crippen molar-refractivity contribution < 1.29 is 53.5 Å². The van der Waals surface area contributed by atoms with Gasteiger partial charge in [0.15, 0.2) is 47.1 Å². The standard InChI is InChI=1S/4C25H20FN2O/c1-15-9-11-20-21-12-10-16(2)27-25(21)29-24(20)22(15)23-19(8-5-13-28(23)3)17-6-4-7-18(26)14-17;1-15-7-9-20-21-10-8-16(2)27-25(21)29-24(20)23(15)22-14-18(11-12-28(22)3)17-5-4-6-19(26)13-17;1-15-8-11-19-20-12-9-16(2)27-25(20)29-24(19)23(15)22-13-10-17(14-28(22)3)18-6-4-5-7-21(18)26;1-15-8-10-19-20-11-9-16(2)27-25(20)29-24(19)23(15)22-14-17(12-13-28(22)3)18-6-4-5-7-21(18)26/h4*4-14H,1-3H3/q4*+1. The number of pyridine rings is 8. The number of hydrogen-bond donors (Lipinski definition) is 0.